The monoisotopic (exact) mass is 311 g/mol. The normalized spacial score (nSPS) is 10.6. The zero-order chi connectivity index (χ0) is 15.2. The van der Waals surface area contributed by atoms with Gasteiger partial charge < -0.3 is 9.30 Å². The number of thioether (sulfide) groups is 1. The van der Waals surface area contributed by atoms with Gasteiger partial charge >= 0.3 is 0 Å². The van der Waals surface area contributed by atoms with E-state index in [-0.39, 0.29) is 0 Å². The van der Waals surface area contributed by atoms with Crippen LogP contribution < -0.4 is 4.74 Å². The van der Waals surface area contributed by atoms with E-state index in [4.69, 9.17) is 4.74 Å². The predicted molar refractivity (Wildman–Crippen MR) is 87.8 cm³/mol. The molecule has 5 heteroatoms. The number of aromatic nitrogens is 3. The van der Waals surface area contributed by atoms with E-state index in [1.807, 2.05) is 60.1 Å². The van der Waals surface area contributed by atoms with E-state index in [1.54, 1.807) is 11.8 Å². The third-order valence-corrected chi connectivity index (χ3v) is 4.34. The van der Waals surface area contributed by atoms with Crippen LogP contribution in [0.25, 0.3) is 0 Å². The Kier molecular flexibility index (Phi) is 4.75. The summed E-state index contributed by atoms with van der Waals surface area (Å²) in [5.41, 5.74) is 1.28. The molecule has 0 aliphatic carbocycles. The van der Waals surface area contributed by atoms with Crippen LogP contribution in [0.5, 0.6) is 5.75 Å². The molecule has 0 aliphatic heterocycles. The van der Waals surface area contributed by atoms with Crippen LogP contribution in [0.3, 0.4) is 0 Å². The first-order chi connectivity index (χ1) is 10.8. The lowest BCUT2D eigenvalue weighted by Gasteiger charge is -2.06. The Morgan fingerprint density at radius 3 is 2.36 bits per heavy atom. The van der Waals surface area contributed by atoms with Gasteiger partial charge in [-0.25, -0.2) is 0 Å². The maximum absolute atomic E-state index is 5.72. The van der Waals surface area contributed by atoms with E-state index >= 15 is 0 Å². The fourth-order valence-electron chi connectivity index (χ4n) is 1.98. The van der Waals surface area contributed by atoms with Gasteiger partial charge in [-0.05, 0) is 17.7 Å². The van der Waals surface area contributed by atoms with Crippen molar-refractivity contribution in [3.05, 3.63) is 72.1 Å². The Labute approximate surface area is 134 Å². The first-order valence-corrected chi connectivity index (χ1v) is 8.04. The van der Waals surface area contributed by atoms with Crippen molar-refractivity contribution in [2.45, 2.75) is 17.5 Å². The Balaban J connectivity index is 1.60. The summed E-state index contributed by atoms with van der Waals surface area (Å²) in [7, 11) is 1.97. The Morgan fingerprint density at radius 1 is 0.955 bits per heavy atom. The van der Waals surface area contributed by atoms with E-state index in [1.165, 1.54) is 5.56 Å². The van der Waals surface area contributed by atoms with Gasteiger partial charge in [-0.15, -0.1) is 10.2 Å². The summed E-state index contributed by atoms with van der Waals surface area (Å²) in [6, 6.07) is 20.1. The molecule has 3 aromatic rings. The summed E-state index contributed by atoms with van der Waals surface area (Å²) in [6.45, 7) is 0.416. The van der Waals surface area contributed by atoms with E-state index in [0.717, 1.165) is 22.5 Å². The molecule has 0 unspecified atom stereocenters. The Bertz CT molecular complexity index is 652. The summed E-state index contributed by atoms with van der Waals surface area (Å²) < 4.78 is 7.70. The number of rotatable bonds is 6. The summed E-state index contributed by atoms with van der Waals surface area (Å²) in [6.07, 6.45) is 0. The van der Waals surface area contributed by atoms with Crippen molar-refractivity contribution in [3.63, 3.8) is 0 Å². The third kappa shape index (κ3) is 3.68. The van der Waals surface area contributed by atoms with E-state index < -0.39 is 0 Å². The van der Waals surface area contributed by atoms with Crippen molar-refractivity contribution in [3.8, 4) is 5.75 Å². The predicted octanol–water partition coefficient (Wildman–Crippen LogP) is 3.69. The van der Waals surface area contributed by atoms with Crippen LogP contribution in [0, 0.1) is 0 Å². The second-order valence-corrected chi connectivity index (χ2v) is 5.78. The highest BCUT2D eigenvalue weighted by molar-refractivity contribution is 7.98. The van der Waals surface area contributed by atoms with Crippen LogP contribution in [0.2, 0.25) is 0 Å². The fraction of sp³-hybridized carbons (Fsp3) is 0.176. The lowest BCUT2D eigenvalue weighted by atomic mass is 10.2. The van der Waals surface area contributed by atoms with Gasteiger partial charge in [0.15, 0.2) is 11.0 Å². The molecular weight excluding hydrogens is 294 g/mol. The van der Waals surface area contributed by atoms with Gasteiger partial charge in [0.25, 0.3) is 0 Å². The van der Waals surface area contributed by atoms with E-state index in [2.05, 4.69) is 22.3 Å². The minimum absolute atomic E-state index is 0.416. The summed E-state index contributed by atoms with van der Waals surface area (Å²) in [4.78, 5) is 0. The van der Waals surface area contributed by atoms with Crippen molar-refractivity contribution >= 4 is 11.8 Å². The van der Waals surface area contributed by atoms with Crippen LogP contribution in [0.1, 0.15) is 11.4 Å². The lowest BCUT2D eigenvalue weighted by Crippen LogP contribution is -2.04. The second kappa shape index (κ2) is 7.13. The number of hydrogen-bond acceptors (Lipinski definition) is 4. The van der Waals surface area contributed by atoms with E-state index in [9.17, 15) is 0 Å². The highest BCUT2D eigenvalue weighted by Gasteiger charge is 2.10. The van der Waals surface area contributed by atoms with E-state index in [0.29, 0.717) is 6.61 Å². The first kappa shape index (κ1) is 14.7. The molecule has 0 aliphatic rings. The SMILES string of the molecule is Cn1c(COc2ccccc2)nnc1SCc1ccccc1. The average molecular weight is 311 g/mol. The molecule has 0 N–H and O–H groups in total. The molecule has 0 saturated carbocycles. The van der Waals surface area contributed by atoms with Crippen LogP contribution in [-0.4, -0.2) is 14.8 Å². The summed E-state index contributed by atoms with van der Waals surface area (Å²) in [5, 5.41) is 9.35. The molecule has 0 fully saturated rings. The molecule has 4 nitrogen and oxygen atoms in total. The molecule has 0 bridgehead atoms. The van der Waals surface area contributed by atoms with Gasteiger partial charge in [0.1, 0.15) is 12.4 Å². The molecule has 0 amide bonds. The highest BCUT2D eigenvalue weighted by atomic mass is 32.2. The summed E-state index contributed by atoms with van der Waals surface area (Å²) >= 11 is 1.68. The molecule has 112 valence electrons. The zero-order valence-corrected chi connectivity index (χ0v) is 13.2. The standard InChI is InChI=1S/C17H17N3OS/c1-20-16(12-21-15-10-6-3-7-11-15)18-19-17(20)22-13-14-8-4-2-5-9-14/h2-11H,12-13H2,1H3. The van der Waals surface area contributed by atoms with Gasteiger partial charge in [-0.2, -0.15) is 0 Å². The largest absolute Gasteiger partial charge is 0.486 e. The number of ether oxygens (including phenoxy) is 1. The number of para-hydroxylation sites is 1. The topological polar surface area (TPSA) is 39.9 Å². The first-order valence-electron chi connectivity index (χ1n) is 7.06. The third-order valence-electron chi connectivity index (χ3n) is 3.25. The van der Waals surface area contributed by atoms with Crippen molar-refractivity contribution < 1.29 is 4.74 Å². The molecule has 22 heavy (non-hydrogen) atoms. The van der Waals surface area contributed by atoms with Gasteiger partial charge in [-0.3, -0.25) is 0 Å². The van der Waals surface area contributed by atoms with Crippen LogP contribution in [-0.2, 0) is 19.4 Å². The smallest absolute Gasteiger partial charge is 0.191 e. The Hall–Kier alpha value is -2.27. The Morgan fingerprint density at radius 2 is 1.64 bits per heavy atom. The minimum atomic E-state index is 0.416. The molecule has 0 saturated heterocycles. The highest BCUT2D eigenvalue weighted by Crippen LogP contribution is 2.21. The van der Waals surface area contributed by atoms with Crippen LogP contribution in [0.4, 0.5) is 0 Å². The molecule has 2 aromatic carbocycles. The lowest BCUT2D eigenvalue weighted by molar-refractivity contribution is 0.290. The van der Waals surface area contributed by atoms with Crippen molar-refractivity contribution in [2.24, 2.45) is 7.05 Å². The molecular formula is C17H17N3OS. The van der Waals surface area contributed by atoms with Gasteiger partial charge in [0, 0.05) is 12.8 Å². The molecule has 0 atom stereocenters. The molecule has 1 aromatic heterocycles. The quantitative estimate of drug-likeness (QED) is 0.651. The molecule has 0 spiro atoms. The number of hydrogen-bond donors (Lipinski definition) is 0. The molecule has 1 heterocycles. The van der Waals surface area contributed by atoms with Crippen molar-refractivity contribution in [2.75, 3.05) is 0 Å². The van der Waals surface area contributed by atoms with Gasteiger partial charge in [0.05, 0.1) is 0 Å². The van der Waals surface area contributed by atoms with Crippen LogP contribution in [0.15, 0.2) is 65.8 Å². The number of benzene rings is 2. The van der Waals surface area contributed by atoms with Crippen LogP contribution >= 0.6 is 11.8 Å². The zero-order valence-electron chi connectivity index (χ0n) is 12.3. The summed E-state index contributed by atoms with van der Waals surface area (Å²) in [5.74, 6) is 2.54. The minimum Gasteiger partial charge on any atom is -0.486 e. The van der Waals surface area contributed by atoms with Gasteiger partial charge in [0.2, 0.25) is 0 Å². The second-order valence-electron chi connectivity index (χ2n) is 4.83. The fourth-order valence-corrected chi connectivity index (χ4v) is 2.87. The van der Waals surface area contributed by atoms with Crippen molar-refractivity contribution in [1.82, 2.24) is 14.8 Å². The van der Waals surface area contributed by atoms with Gasteiger partial charge in [-0.1, -0.05) is 60.3 Å². The van der Waals surface area contributed by atoms with Crippen molar-refractivity contribution in [1.29, 1.82) is 0 Å². The average Bonchev–Trinajstić information content (AvgIpc) is 2.93. The molecule has 0 radical (unpaired) electrons. The maximum Gasteiger partial charge on any atom is 0.191 e. The maximum atomic E-state index is 5.72. The molecule has 3 rings (SSSR count). The number of nitrogens with zero attached hydrogens (tertiary/aromatic N) is 3.